The van der Waals surface area contributed by atoms with Gasteiger partial charge in [-0.3, -0.25) is 0 Å². The third-order valence-corrected chi connectivity index (χ3v) is 5.74. The lowest BCUT2D eigenvalue weighted by Gasteiger charge is -2.38. The Hall–Kier alpha value is -0.120. The minimum Gasteiger partial charge on any atom is -0.393 e. The zero-order valence-electron chi connectivity index (χ0n) is 14.4. The Labute approximate surface area is 131 Å². The number of nitrogens with one attached hydrogen (secondary N) is 1. The second-order valence-electron chi connectivity index (χ2n) is 7.44. The Kier molecular flexibility index (Phi) is 6.97. The van der Waals surface area contributed by atoms with Crippen LogP contribution < -0.4 is 5.32 Å². The number of aliphatic hydroxyl groups excluding tert-OH is 1. The van der Waals surface area contributed by atoms with Gasteiger partial charge in [-0.25, -0.2) is 0 Å². The highest BCUT2D eigenvalue weighted by Crippen LogP contribution is 2.34. The van der Waals surface area contributed by atoms with Gasteiger partial charge < -0.3 is 15.3 Å². The third kappa shape index (κ3) is 4.94. The van der Waals surface area contributed by atoms with E-state index in [0.717, 1.165) is 24.9 Å². The van der Waals surface area contributed by atoms with Gasteiger partial charge in [-0.2, -0.15) is 0 Å². The van der Waals surface area contributed by atoms with Gasteiger partial charge in [-0.1, -0.05) is 26.7 Å². The van der Waals surface area contributed by atoms with Gasteiger partial charge >= 0.3 is 0 Å². The Morgan fingerprint density at radius 2 is 2.05 bits per heavy atom. The summed E-state index contributed by atoms with van der Waals surface area (Å²) in [7, 11) is 0. The molecule has 2 aliphatic rings. The second-order valence-corrected chi connectivity index (χ2v) is 7.44. The molecule has 0 aromatic carbocycles. The average molecular weight is 296 g/mol. The van der Waals surface area contributed by atoms with Crippen molar-refractivity contribution in [2.45, 2.75) is 71.4 Å². The largest absolute Gasteiger partial charge is 0.393 e. The normalized spacial score (nSPS) is 36.0. The van der Waals surface area contributed by atoms with Crippen molar-refractivity contribution in [2.75, 3.05) is 26.2 Å². The van der Waals surface area contributed by atoms with Crippen molar-refractivity contribution in [1.29, 1.82) is 0 Å². The van der Waals surface area contributed by atoms with Gasteiger partial charge in [0.05, 0.1) is 6.10 Å². The molecule has 0 radical (unpaired) electrons. The molecule has 1 saturated heterocycles. The molecule has 2 N–H and O–H groups in total. The maximum Gasteiger partial charge on any atom is 0.0552 e. The van der Waals surface area contributed by atoms with Crippen LogP contribution in [-0.4, -0.2) is 48.3 Å². The van der Waals surface area contributed by atoms with Gasteiger partial charge in [0.1, 0.15) is 0 Å². The Morgan fingerprint density at radius 1 is 1.24 bits per heavy atom. The summed E-state index contributed by atoms with van der Waals surface area (Å²) in [6.45, 7) is 11.1. The first-order valence-electron chi connectivity index (χ1n) is 9.27. The van der Waals surface area contributed by atoms with Crippen LogP contribution in [0, 0.1) is 17.8 Å². The van der Waals surface area contributed by atoms with E-state index in [1.54, 1.807) is 0 Å². The zero-order chi connectivity index (χ0) is 15.2. The summed E-state index contributed by atoms with van der Waals surface area (Å²) >= 11 is 0. The maximum atomic E-state index is 9.79. The SMILES string of the molecule is CCCC1CCC(NCC)C(CN2CCC(C(C)O)C2)C1. The Morgan fingerprint density at radius 3 is 2.67 bits per heavy atom. The first kappa shape index (κ1) is 17.2. The predicted octanol–water partition coefficient (Wildman–Crippen LogP) is 2.88. The molecular formula is C18H36N2O. The summed E-state index contributed by atoms with van der Waals surface area (Å²) in [6, 6.07) is 0.716. The topological polar surface area (TPSA) is 35.5 Å². The predicted molar refractivity (Wildman–Crippen MR) is 89.4 cm³/mol. The minimum absolute atomic E-state index is 0.140. The number of hydrogen-bond donors (Lipinski definition) is 2. The van der Waals surface area contributed by atoms with Crippen LogP contribution >= 0.6 is 0 Å². The molecule has 2 fully saturated rings. The van der Waals surface area contributed by atoms with E-state index in [2.05, 4.69) is 24.1 Å². The molecule has 1 heterocycles. The number of aliphatic hydroxyl groups is 1. The van der Waals surface area contributed by atoms with Crippen molar-refractivity contribution in [3.8, 4) is 0 Å². The molecule has 1 aliphatic carbocycles. The third-order valence-electron chi connectivity index (χ3n) is 5.74. The van der Waals surface area contributed by atoms with Gasteiger partial charge in [-0.05, 0) is 63.5 Å². The van der Waals surface area contributed by atoms with Crippen molar-refractivity contribution in [2.24, 2.45) is 17.8 Å². The summed E-state index contributed by atoms with van der Waals surface area (Å²) in [5, 5.41) is 13.5. The lowest BCUT2D eigenvalue weighted by molar-refractivity contribution is 0.115. The molecule has 124 valence electrons. The molecule has 0 spiro atoms. The van der Waals surface area contributed by atoms with E-state index in [-0.39, 0.29) is 6.10 Å². The molecule has 0 aromatic heterocycles. The molecule has 0 aromatic rings. The number of hydrogen-bond acceptors (Lipinski definition) is 3. The van der Waals surface area contributed by atoms with Gasteiger partial charge in [0.2, 0.25) is 0 Å². The minimum atomic E-state index is -0.140. The van der Waals surface area contributed by atoms with Crippen molar-refractivity contribution in [3.05, 3.63) is 0 Å². The van der Waals surface area contributed by atoms with Crippen molar-refractivity contribution >= 4 is 0 Å². The van der Waals surface area contributed by atoms with Crippen LogP contribution in [0.2, 0.25) is 0 Å². The highest BCUT2D eigenvalue weighted by Gasteiger charge is 2.33. The van der Waals surface area contributed by atoms with Gasteiger partial charge in [0.25, 0.3) is 0 Å². The number of rotatable bonds is 7. The maximum absolute atomic E-state index is 9.79. The molecule has 1 aliphatic heterocycles. The fourth-order valence-corrected chi connectivity index (χ4v) is 4.52. The van der Waals surface area contributed by atoms with Crippen LogP contribution in [0.4, 0.5) is 0 Å². The zero-order valence-corrected chi connectivity index (χ0v) is 14.4. The quantitative estimate of drug-likeness (QED) is 0.758. The van der Waals surface area contributed by atoms with E-state index in [1.165, 1.54) is 51.6 Å². The lowest BCUT2D eigenvalue weighted by atomic mass is 9.76. The van der Waals surface area contributed by atoms with Gasteiger partial charge in [-0.15, -0.1) is 0 Å². The first-order valence-corrected chi connectivity index (χ1v) is 9.27. The molecule has 3 heteroatoms. The number of likely N-dealkylation sites (tertiary alicyclic amines) is 1. The fourth-order valence-electron chi connectivity index (χ4n) is 4.52. The monoisotopic (exact) mass is 296 g/mol. The molecule has 1 saturated carbocycles. The highest BCUT2D eigenvalue weighted by atomic mass is 16.3. The molecule has 3 nitrogen and oxygen atoms in total. The molecule has 0 amide bonds. The first-order chi connectivity index (χ1) is 10.1. The van der Waals surface area contributed by atoms with E-state index < -0.39 is 0 Å². The lowest BCUT2D eigenvalue weighted by Crippen LogP contribution is -2.45. The van der Waals surface area contributed by atoms with E-state index in [4.69, 9.17) is 0 Å². The van der Waals surface area contributed by atoms with Crippen molar-refractivity contribution in [1.82, 2.24) is 10.2 Å². The van der Waals surface area contributed by atoms with Crippen LogP contribution in [0.1, 0.15) is 59.3 Å². The average Bonchev–Trinajstić information content (AvgIpc) is 2.91. The summed E-state index contributed by atoms with van der Waals surface area (Å²) in [6.07, 6.45) is 7.95. The Balaban J connectivity index is 1.87. The van der Waals surface area contributed by atoms with E-state index in [1.807, 2.05) is 6.92 Å². The molecule has 5 unspecified atom stereocenters. The van der Waals surface area contributed by atoms with E-state index in [9.17, 15) is 5.11 Å². The van der Waals surface area contributed by atoms with Crippen LogP contribution in [0.15, 0.2) is 0 Å². The number of nitrogens with zero attached hydrogens (tertiary/aromatic N) is 1. The molecule has 21 heavy (non-hydrogen) atoms. The van der Waals surface area contributed by atoms with Gasteiger partial charge in [0.15, 0.2) is 0 Å². The van der Waals surface area contributed by atoms with Crippen LogP contribution in [0.5, 0.6) is 0 Å². The smallest absolute Gasteiger partial charge is 0.0552 e. The fraction of sp³-hybridized carbons (Fsp3) is 1.00. The molecule has 2 rings (SSSR count). The van der Waals surface area contributed by atoms with Crippen LogP contribution in [0.25, 0.3) is 0 Å². The summed E-state index contributed by atoms with van der Waals surface area (Å²) in [5.41, 5.74) is 0. The standard InChI is InChI=1S/C18H36N2O/c1-4-6-15-7-8-18(19-5-2)17(11-15)13-20-10-9-16(12-20)14(3)21/h14-19,21H,4-13H2,1-3H3. The van der Waals surface area contributed by atoms with Crippen molar-refractivity contribution < 1.29 is 5.11 Å². The second kappa shape index (κ2) is 8.50. The summed E-state index contributed by atoms with van der Waals surface area (Å²) < 4.78 is 0. The summed E-state index contributed by atoms with van der Waals surface area (Å²) in [5.74, 6) is 2.26. The molecule has 5 atom stereocenters. The van der Waals surface area contributed by atoms with Gasteiger partial charge in [0, 0.05) is 19.1 Å². The highest BCUT2D eigenvalue weighted by molar-refractivity contribution is 4.88. The van der Waals surface area contributed by atoms with Crippen LogP contribution in [-0.2, 0) is 0 Å². The molecule has 0 bridgehead atoms. The van der Waals surface area contributed by atoms with Crippen LogP contribution in [0.3, 0.4) is 0 Å². The Bertz CT molecular complexity index is 295. The summed E-state index contributed by atoms with van der Waals surface area (Å²) in [4.78, 5) is 2.61. The molecular weight excluding hydrogens is 260 g/mol. The van der Waals surface area contributed by atoms with E-state index in [0.29, 0.717) is 12.0 Å². The van der Waals surface area contributed by atoms with Crippen molar-refractivity contribution in [3.63, 3.8) is 0 Å². The van der Waals surface area contributed by atoms with E-state index >= 15 is 0 Å².